The van der Waals surface area contributed by atoms with Crippen LogP contribution in [0.25, 0.3) is 0 Å². The summed E-state index contributed by atoms with van der Waals surface area (Å²) >= 11 is 4.81. The summed E-state index contributed by atoms with van der Waals surface area (Å²) in [6.07, 6.45) is 2.80. The molecule has 16 heavy (non-hydrogen) atoms. The second-order valence-electron chi connectivity index (χ2n) is 3.79. The normalized spacial score (nSPS) is 10.4. The van der Waals surface area contributed by atoms with Crippen molar-refractivity contribution in [2.75, 3.05) is 26.2 Å². The predicted octanol–water partition coefficient (Wildman–Crippen LogP) is 0.901. The average Bonchev–Trinajstić information content (AvgIpc) is 2.24. The maximum absolute atomic E-state index is 11.5. The molecule has 0 aliphatic rings. The van der Waals surface area contributed by atoms with Crippen molar-refractivity contribution < 1.29 is 4.79 Å². The van der Waals surface area contributed by atoms with Gasteiger partial charge in [0.25, 0.3) is 0 Å². The quantitative estimate of drug-likeness (QED) is 0.468. The fourth-order valence-corrected chi connectivity index (χ4v) is 1.37. The number of nitrogens with two attached hydrogens (primary N) is 1. The largest absolute Gasteiger partial charge is 0.393 e. The Labute approximate surface area is 104 Å². The number of nitrogens with zero attached hydrogens (tertiary/aromatic N) is 1. The van der Waals surface area contributed by atoms with E-state index in [1.54, 1.807) is 0 Å². The van der Waals surface area contributed by atoms with E-state index in [1.165, 1.54) is 0 Å². The summed E-state index contributed by atoms with van der Waals surface area (Å²) in [7, 11) is 0. The van der Waals surface area contributed by atoms with Crippen LogP contribution in [0.5, 0.6) is 0 Å². The van der Waals surface area contributed by atoms with Crippen LogP contribution in [0.15, 0.2) is 0 Å². The highest BCUT2D eigenvalue weighted by molar-refractivity contribution is 7.80. The van der Waals surface area contributed by atoms with E-state index in [2.05, 4.69) is 12.2 Å². The lowest BCUT2D eigenvalue weighted by atomic mass is 10.3. The summed E-state index contributed by atoms with van der Waals surface area (Å²) in [5.41, 5.74) is 5.43. The molecule has 0 saturated heterocycles. The van der Waals surface area contributed by atoms with Crippen LogP contribution in [0.4, 0.5) is 0 Å². The molecule has 0 fully saturated rings. The van der Waals surface area contributed by atoms with Gasteiger partial charge in [-0.15, -0.1) is 0 Å². The SMILES string of the molecule is CCCCNC(=O)CN(CC)CCC(N)=S. The van der Waals surface area contributed by atoms with Gasteiger partial charge in [-0.2, -0.15) is 0 Å². The van der Waals surface area contributed by atoms with E-state index >= 15 is 0 Å². The molecule has 5 heteroatoms. The van der Waals surface area contributed by atoms with Crippen molar-refractivity contribution in [3.63, 3.8) is 0 Å². The van der Waals surface area contributed by atoms with Crippen LogP contribution in [-0.4, -0.2) is 42.0 Å². The van der Waals surface area contributed by atoms with Gasteiger partial charge in [-0.1, -0.05) is 32.5 Å². The van der Waals surface area contributed by atoms with Crippen molar-refractivity contribution in [2.24, 2.45) is 5.73 Å². The Hall–Kier alpha value is -0.680. The third-order valence-electron chi connectivity index (χ3n) is 2.34. The topological polar surface area (TPSA) is 58.4 Å². The second-order valence-corrected chi connectivity index (χ2v) is 4.31. The first-order chi connectivity index (χ1) is 7.60. The summed E-state index contributed by atoms with van der Waals surface area (Å²) in [4.78, 5) is 14.1. The van der Waals surface area contributed by atoms with Gasteiger partial charge < -0.3 is 11.1 Å². The number of carbonyl (C=O) groups is 1. The van der Waals surface area contributed by atoms with Gasteiger partial charge in [0, 0.05) is 19.5 Å². The first-order valence-electron chi connectivity index (χ1n) is 5.87. The number of hydrogen-bond acceptors (Lipinski definition) is 3. The second kappa shape index (κ2) is 9.54. The van der Waals surface area contributed by atoms with Gasteiger partial charge in [0.1, 0.15) is 0 Å². The lowest BCUT2D eigenvalue weighted by Crippen LogP contribution is -2.38. The summed E-state index contributed by atoms with van der Waals surface area (Å²) in [6, 6.07) is 0. The van der Waals surface area contributed by atoms with Crippen LogP contribution < -0.4 is 11.1 Å². The molecular weight excluding hydrogens is 222 g/mol. The summed E-state index contributed by atoms with van der Waals surface area (Å²) < 4.78 is 0. The van der Waals surface area contributed by atoms with Crippen molar-refractivity contribution in [2.45, 2.75) is 33.1 Å². The Kier molecular flexibility index (Phi) is 9.13. The Bertz CT molecular complexity index is 221. The molecule has 94 valence electrons. The first-order valence-corrected chi connectivity index (χ1v) is 6.28. The van der Waals surface area contributed by atoms with Gasteiger partial charge in [0.15, 0.2) is 0 Å². The molecule has 0 bridgehead atoms. The fraction of sp³-hybridized carbons (Fsp3) is 0.818. The van der Waals surface area contributed by atoms with E-state index in [0.717, 1.165) is 32.5 Å². The summed E-state index contributed by atoms with van der Waals surface area (Å²) in [5.74, 6) is 0.0817. The van der Waals surface area contributed by atoms with E-state index in [0.29, 0.717) is 18.0 Å². The maximum Gasteiger partial charge on any atom is 0.234 e. The Morgan fingerprint density at radius 2 is 2.12 bits per heavy atom. The lowest BCUT2D eigenvalue weighted by molar-refractivity contribution is -0.122. The van der Waals surface area contributed by atoms with Crippen molar-refractivity contribution in [3.8, 4) is 0 Å². The van der Waals surface area contributed by atoms with Crippen molar-refractivity contribution in [1.82, 2.24) is 10.2 Å². The lowest BCUT2D eigenvalue weighted by Gasteiger charge is -2.19. The molecular formula is C11H23N3OS. The molecule has 0 unspecified atom stereocenters. The Morgan fingerprint density at radius 1 is 1.44 bits per heavy atom. The minimum atomic E-state index is 0.0817. The van der Waals surface area contributed by atoms with Crippen LogP contribution in [0, 0.1) is 0 Å². The van der Waals surface area contributed by atoms with E-state index < -0.39 is 0 Å². The van der Waals surface area contributed by atoms with Gasteiger partial charge in [0.2, 0.25) is 5.91 Å². The van der Waals surface area contributed by atoms with E-state index in [4.69, 9.17) is 18.0 Å². The number of hydrogen-bond donors (Lipinski definition) is 2. The third kappa shape index (κ3) is 8.61. The predicted molar refractivity (Wildman–Crippen MR) is 71.4 cm³/mol. The molecule has 0 aromatic heterocycles. The monoisotopic (exact) mass is 245 g/mol. The van der Waals surface area contributed by atoms with E-state index in [9.17, 15) is 4.79 Å². The molecule has 0 saturated carbocycles. The Morgan fingerprint density at radius 3 is 2.62 bits per heavy atom. The molecule has 4 nitrogen and oxygen atoms in total. The number of carbonyl (C=O) groups excluding carboxylic acids is 1. The molecule has 0 radical (unpaired) electrons. The standard InChI is InChI=1S/C11H23N3OS/c1-3-5-7-13-11(15)9-14(4-2)8-6-10(12)16/h3-9H2,1-2H3,(H2,12,16)(H,13,15). The highest BCUT2D eigenvalue weighted by Gasteiger charge is 2.08. The van der Waals surface area contributed by atoms with Gasteiger partial charge in [-0.05, 0) is 13.0 Å². The van der Waals surface area contributed by atoms with Crippen LogP contribution in [0.3, 0.4) is 0 Å². The van der Waals surface area contributed by atoms with Gasteiger partial charge in [0.05, 0.1) is 11.5 Å². The minimum Gasteiger partial charge on any atom is -0.393 e. The molecule has 0 atom stereocenters. The van der Waals surface area contributed by atoms with Gasteiger partial charge >= 0.3 is 0 Å². The molecule has 0 aromatic carbocycles. The number of amides is 1. The molecule has 1 amide bonds. The number of rotatable bonds is 9. The Balaban J connectivity index is 3.74. The molecule has 0 aromatic rings. The number of nitrogens with one attached hydrogen (secondary N) is 1. The number of thiocarbonyl (C=S) groups is 1. The highest BCUT2D eigenvalue weighted by Crippen LogP contribution is 1.92. The zero-order valence-corrected chi connectivity index (χ0v) is 11.1. The third-order valence-corrected chi connectivity index (χ3v) is 2.55. The smallest absolute Gasteiger partial charge is 0.234 e. The van der Waals surface area contributed by atoms with Crippen LogP contribution in [0.2, 0.25) is 0 Å². The van der Waals surface area contributed by atoms with Gasteiger partial charge in [-0.3, -0.25) is 9.69 Å². The molecule has 0 heterocycles. The van der Waals surface area contributed by atoms with Crippen molar-refractivity contribution in [1.29, 1.82) is 0 Å². The van der Waals surface area contributed by atoms with Crippen LogP contribution >= 0.6 is 12.2 Å². The van der Waals surface area contributed by atoms with Gasteiger partial charge in [-0.25, -0.2) is 0 Å². The fourth-order valence-electron chi connectivity index (χ4n) is 1.28. The maximum atomic E-state index is 11.5. The van der Waals surface area contributed by atoms with Crippen molar-refractivity contribution >= 4 is 23.1 Å². The minimum absolute atomic E-state index is 0.0817. The number of likely N-dealkylation sites (N-methyl/N-ethyl adjacent to an activating group) is 1. The molecule has 0 aliphatic heterocycles. The zero-order valence-electron chi connectivity index (χ0n) is 10.3. The van der Waals surface area contributed by atoms with Crippen LogP contribution in [0.1, 0.15) is 33.1 Å². The van der Waals surface area contributed by atoms with Crippen molar-refractivity contribution in [3.05, 3.63) is 0 Å². The molecule has 0 spiro atoms. The molecule has 0 rings (SSSR count). The number of unbranched alkanes of at least 4 members (excludes halogenated alkanes) is 1. The highest BCUT2D eigenvalue weighted by atomic mass is 32.1. The first kappa shape index (κ1) is 15.3. The zero-order chi connectivity index (χ0) is 12.4. The van der Waals surface area contributed by atoms with E-state index in [-0.39, 0.29) is 5.91 Å². The van der Waals surface area contributed by atoms with E-state index in [1.807, 2.05) is 11.8 Å². The summed E-state index contributed by atoms with van der Waals surface area (Å²) in [5, 5.41) is 2.89. The summed E-state index contributed by atoms with van der Waals surface area (Å²) in [6.45, 7) is 6.92. The van der Waals surface area contributed by atoms with Crippen LogP contribution in [-0.2, 0) is 4.79 Å². The average molecular weight is 245 g/mol. The molecule has 3 N–H and O–H groups in total. The molecule has 0 aliphatic carbocycles.